The fourth-order valence-corrected chi connectivity index (χ4v) is 1.63. The van der Waals surface area contributed by atoms with Gasteiger partial charge in [-0.25, -0.2) is 9.78 Å². The summed E-state index contributed by atoms with van der Waals surface area (Å²) in [6.45, 7) is 5.21. The summed E-state index contributed by atoms with van der Waals surface area (Å²) in [6, 6.07) is 1.36. The van der Waals surface area contributed by atoms with Gasteiger partial charge in [0, 0.05) is 18.7 Å². The third-order valence-electron chi connectivity index (χ3n) is 2.16. The minimum atomic E-state index is -1.73. The van der Waals surface area contributed by atoms with Crippen molar-refractivity contribution in [3.05, 3.63) is 17.3 Å². The van der Waals surface area contributed by atoms with Crippen LogP contribution in [0.4, 0.5) is 10.6 Å². The minimum absolute atomic E-state index is 0.00846. The molecule has 0 aliphatic heterocycles. The zero-order chi connectivity index (χ0) is 14.8. The van der Waals surface area contributed by atoms with E-state index in [0.717, 1.165) is 4.90 Å². The molecule has 1 amide bonds. The van der Waals surface area contributed by atoms with Crippen LogP contribution in [0.2, 0.25) is 5.02 Å². The molecular formula is C11H16BClN2O4. The van der Waals surface area contributed by atoms with Crippen LogP contribution >= 0.6 is 11.6 Å². The Kier molecular flexibility index (Phi) is 4.78. The summed E-state index contributed by atoms with van der Waals surface area (Å²) in [6.07, 6.45) is 0.697. The smallest absolute Gasteiger partial charge is 0.443 e. The average Bonchev–Trinajstić information content (AvgIpc) is 2.25. The molecule has 2 N–H and O–H groups in total. The van der Waals surface area contributed by atoms with Gasteiger partial charge in [0.2, 0.25) is 0 Å². The predicted octanol–water partition coefficient (Wildman–Crippen LogP) is 0.786. The number of amides is 1. The van der Waals surface area contributed by atoms with E-state index < -0.39 is 18.8 Å². The summed E-state index contributed by atoms with van der Waals surface area (Å²) in [4.78, 5) is 16.9. The molecule has 0 radical (unpaired) electrons. The first-order chi connectivity index (χ1) is 8.63. The third kappa shape index (κ3) is 4.09. The number of pyridine rings is 1. The molecule has 0 spiro atoms. The van der Waals surface area contributed by atoms with Gasteiger partial charge in [0.25, 0.3) is 0 Å². The van der Waals surface area contributed by atoms with Crippen molar-refractivity contribution in [3.8, 4) is 0 Å². The highest BCUT2D eigenvalue weighted by Gasteiger charge is 2.25. The molecule has 1 aromatic rings. The standard InChI is InChI=1S/C11H16BClN2O4/c1-11(2,3)19-10(16)15(4)9-8(13)7(12(17)18)5-6-14-9/h5-6,17-18H,1-4H3. The molecule has 0 bridgehead atoms. The first kappa shape index (κ1) is 15.8. The lowest BCUT2D eigenvalue weighted by molar-refractivity contribution is 0.0588. The maximum absolute atomic E-state index is 11.9. The van der Waals surface area contributed by atoms with Gasteiger partial charge in [-0.2, -0.15) is 0 Å². The van der Waals surface area contributed by atoms with Crippen LogP contribution in [0, 0.1) is 0 Å². The summed E-state index contributed by atoms with van der Waals surface area (Å²) >= 11 is 5.98. The van der Waals surface area contributed by atoms with Crippen molar-refractivity contribution in [2.24, 2.45) is 0 Å². The molecule has 0 unspecified atom stereocenters. The molecule has 0 saturated carbocycles. The summed E-state index contributed by atoms with van der Waals surface area (Å²) in [7, 11) is -0.295. The Balaban J connectivity index is 3.03. The van der Waals surface area contributed by atoms with E-state index in [1.54, 1.807) is 20.8 Å². The number of ether oxygens (including phenoxy) is 1. The van der Waals surface area contributed by atoms with E-state index in [9.17, 15) is 4.79 Å². The van der Waals surface area contributed by atoms with Crippen molar-refractivity contribution in [1.29, 1.82) is 0 Å². The molecule has 6 nitrogen and oxygen atoms in total. The van der Waals surface area contributed by atoms with Crippen molar-refractivity contribution in [2.75, 3.05) is 11.9 Å². The molecule has 1 heterocycles. The van der Waals surface area contributed by atoms with E-state index in [4.69, 9.17) is 26.4 Å². The molecule has 19 heavy (non-hydrogen) atoms. The fourth-order valence-electron chi connectivity index (χ4n) is 1.30. The van der Waals surface area contributed by atoms with Crippen LogP contribution in [0.3, 0.4) is 0 Å². The molecule has 0 aliphatic rings. The van der Waals surface area contributed by atoms with Crippen LogP contribution in [-0.4, -0.2) is 40.9 Å². The lowest BCUT2D eigenvalue weighted by Crippen LogP contribution is -2.37. The Labute approximate surface area is 117 Å². The molecule has 104 valence electrons. The molecule has 0 saturated heterocycles. The Morgan fingerprint density at radius 2 is 2.05 bits per heavy atom. The van der Waals surface area contributed by atoms with E-state index in [0.29, 0.717) is 0 Å². The van der Waals surface area contributed by atoms with Crippen molar-refractivity contribution < 1.29 is 19.6 Å². The number of hydrogen-bond acceptors (Lipinski definition) is 5. The van der Waals surface area contributed by atoms with Gasteiger partial charge in [-0.15, -0.1) is 0 Å². The number of halogens is 1. The summed E-state index contributed by atoms with van der Waals surface area (Å²) < 4.78 is 5.17. The van der Waals surface area contributed by atoms with Crippen molar-refractivity contribution in [3.63, 3.8) is 0 Å². The van der Waals surface area contributed by atoms with Gasteiger partial charge in [0.05, 0.1) is 5.02 Å². The van der Waals surface area contributed by atoms with Gasteiger partial charge in [0.15, 0.2) is 5.82 Å². The molecule has 8 heteroatoms. The lowest BCUT2D eigenvalue weighted by atomic mass is 9.81. The zero-order valence-corrected chi connectivity index (χ0v) is 12.0. The molecule has 0 fully saturated rings. The number of rotatable bonds is 2. The number of nitrogens with zero attached hydrogens (tertiary/aromatic N) is 2. The van der Waals surface area contributed by atoms with Gasteiger partial charge in [-0.3, -0.25) is 4.90 Å². The lowest BCUT2D eigenvalue weighted by Gasteiger charge is -2.24. The van der Waals surface area contributed by atoms with E-state index in [2.05, 4.69) is 4.98 Å². The monoisotopic (exact) mass is 286 g/mol. The molecule has 1 rings (SSSR count). The van der Waals surface area contributed by atoms with E-state index in [-0.39, 0.29) is 16.3 Å². The Morgan fingerprint density at radius 1 is 1.47 bits per heavy atom. The van der Waals surface area contributed by atoms with Gasteiger partial charge in [-0.1, -0.05) is 11.6 Å². The van der Waals surface area contributed by atoms with Gasteiger partial charge < -0.3 is 14.8 Å². The Bertz CT molecular complexity index is 476. The fraction of sp³-hybridized carbons (Fsp3) is 0.455. The van der Waals surface area contributed by atoms with Gasteiger partial charge in [-0.05, 0) is 26.8 Å². The number of carbonyl (C=O) groups excluding carboxylic acids is 1. The minimum Gasteiger partial charge on any atom is -0.443 e. The zero-order valence-electron chi connectivity index (χ0n) is 11.2. The van der Waals surface area contributed by atoms with Gasteiger partial charge in [0.1, 0.15) is 5.60 Å². The first-order valence-corrected chi connectivity index (χ1v) is 5.98. The predicted molar refractivity (Wildman–Crippen MR) is 73.7 cm³/mol. The van der Waals surface area contributed by atoms with E-state index in [1.807, 2.05) is 0 Å². The van der Waals surface area contributed by atoms with Crippen LogP contribution in [0.1, 0.15) is 20.8 Å². The molecular weight excluding hydrogens is 270 g/mol. The van der Waals surface area contributed by atoms with Crippen LogP contribution in [0.25, 0.3) is 0 Å². The molecule has 1 aromatic heterocycles. The molecule has 0 aliphatic carbocycles. The highest BCUT2D eigenvalue weighted by Crippen LogP contribution is 2.22. The normalized spacial score (nSPS) is 11.1. The van der Waals surface area contributed by atoms with Crippen molar-refractivity contribution in [2.45, 2.75) is 26.4 Å². The van der Waals surface area contributed by atoms with Crippen LogP contribution in [0.5, 0.6) is 0 Å². The van der Waals surface area contributed by atoms with Crippen molar-refractivity contribution >= 4 is 36.1 Å². The molecule has 0 atom stereocenters. The quantitative estimate of drug-likeness (QED) is 0.785. The molecule has 0 aromatic carbocycles. The highest BCUT2D eigenvalue weighted by molar-refractivity contribution is 6.63. The topological polar surface area (TPSA) is 82.9 Å². The number of aromatic nitrogens is 1. The van der Waals surface area contributed by atoms with Crippen LogP contribution < -0.4 is 10.4 Å². The number of anilines is 1. The first-order valence-electron chi connectivity index (χ1n) is 5.60. The van der Waals surface area contributed by atoms with Crippen molar-refractivity contribution in [1.82, 2.24) is 4.98 Å². The second kappa shape index (κ2) is 5.77. The van der Waals surface area contributed by atoms with E-state index in [1.165, 1.54) is 19.3 Å². The maximum atomic E-state index is 11.9. The van der Waals surface area contributed by atoms with Gasteiger partial charge >= 0.3 is 13.2 Å². The Morgan fingerprint density at radius 3 is 2.53 bits per heavy atom. The third-order valence-corrected chi connectivity index (χ3v) is 2.55. The Hall–Kier alpha value is -1.31. The van der Waals surface area contributed by atoms with Crippen LogP contribution in [-0.2, 0) is 4.74 Å². The SMILES string of the molecule is CN(C(=O)OC(C)(C)C)c1nccc(B(O)O)c1Cl. The number of carbonyl (C=O) groups is 1. The average molecular weight is 287 g/mol. The van der Waals surface area contributed by atoms with Crippen LogP contribution in [0.15, 0.2) is 12.3 Å². The second-order valence-electron chi connectivity index (χ2n) is 4.95. The highest BCUT2D eigenvalue weighted by atomic mass is 35.5. The summed E-state index contributed by atoms with van der Waals surface area (Å²) in [5, 5.41) is 18.3. The summed E-state index contributed by atoms with van der Waals surface area (Å²) in [5.74, 6) is 0.0986. The van der Waals surface area contributed by atoms with E-state index >= 15 is 0 Å². The maximum Gasteiger partial charge on any atom is 0.490 e. The largest absolute Gasteiger partial charge is 0.490 e. The number of hydrogen-bond donors (Lipinski definition) is 2. The second-order valence-corrected chi connectivity index (χ2v) is 5.33. The summed E-state index contributed by atoms with van der Waals surface area (Å²) in [5.41, 5.74) is -0.576.